The van der Waals surface area contributed by atoms with Gasteiger partial charge in [-0.25, -0.2) is 0 Å². The highest BCUT2D eigenvalue weighted by Gasteiger charge is 2.23. The second-order valence-electron chi connectivity index (χ2n) is 6.95. The van der Waals surface area contributed by atoms with Gasteiger partial charge in [0.25, 0.3) is 5.91 Å². The maximum absolute atomic E-state index is 11.9. The first kappa shape index (κ1) is 14.8. The van der Waals surface area contributed by atoms with Crippen LogP contribution in [0.1, 0.15) is 40.3 Å². The van der Waals surface area contributed by atoms with Gasteiger partial charge in [0.15, 0.2) is 11.5 Å². The van der Waals surface area contributed by atoms with Crippen LogP contribution in [0.15, 0.2) is 30.5 Å². The van der Waals surface area contributed by atoms with Gasteiger partial charge in [-0.15, -0.1) is 10.2 Å². The Labute approximate surface area is 166 Å². The van der Waals surface area contributed by atoms with Crippen LogP contribution in [0.2, 0.25) is 0 Å². The molecule has 146 valence electrons. The maximum atomic E-state index is 11.9. The van der Waals surface area contributed by atoms with E-state index in [9.17, 15) is 4.79 Å². The molecule has 1 aliphatic rings. The van der Waals surface area contributed by atoms with Crippen LogP contribution in [0.4, 0.5) is 17.5 Å². The van der Waals surface area contributed by atoms with Crippen molar-refractivity contribution in [1.29, 1.82) is 0 Å². The van der Waals surface area contributed by atoms with E-state index in [-0.39, 0.29) is 29.5 Å². The van der Waals surface area contributed by atoms with Crippen LogP contribution in [0.25, 0.3) is 10.9 Å². The molecule has 1 aromatic carbocycles. The molecule has 2 aromatic heterocycles. The van der Waals surface area contributed by atoms with Gasteiger partial charge < -0.3 is 26.7 Å². The molecule has 1 fully saturated rings. The number of hydrogen-bond donors (Lipinski definition) is 4. The third kappa shape index (κ3) is 3.48. The van der Waals surface area contributed by atoms with Crippen LogP contribution in [-0.4, -0.2) is 37.7 Å². The Morgan fingerprint density at radius 2 is 2.14 bits per heavy atom. The van der Waals surface area contributed by atoms with Crippen molar-refractivity contribution in [3.8, 4) is 0 Å². The zero-order chi connectivity index (χ0) is 22.2. The van der Waals surface area contributed by atoms with Gasteiger partial charge in [0.2, 0.25) is 5.95 Å². The van der Waals surface area contributed by atoms with E-state index in [0.717, 1.165) is 25.7 Å². The van der Waals surface area contributed by atoms with Gasteiger partial charge >= 0.3 is 0 Å². The summed E-state index contributed by atoms with van der Waals surface area (Å²) < 4.78 is 24.3. The zero-order valence-corrected chi connectivity index (χ0v) is 15.2. The van der Waals surface area contributed by atoms with Crippen LogP contribution in [0.5, 0.6) is 0 Å². The summed E-state index contributed by atoms with van der Waals surface area (Å²) in [6, 6.07) is 6.85. The normalized spacial score (nSPS) is 21.5. The van der Waals surface area contributed by atoms with E-state index in [0.29, 0.717) is 16.6 Å². The fourth-order valence-electron chi connectivity index (χ4n) is 3.55. The van der Waals surface area contributed by atoms with E-state index in [4.69, 9.17) is 15.6 Å². The average Bonchev–Trinajstić information content (AvgIpc) is 3.15. The molecule has 0 bridgehead atoms. The van der Waals surface area contributed by atoms with Crippen molar-refractivity contribution in [1.82, 2.24) is 19.7 Å². The van der Waals surface area contributed by atoms with Crippen molar-refractivity contribution >= 4 is 34.3 Å². The summed E-state index contributed by atoms with van der Waals surface area (Å²) in [5, 5.41) is 14.8. The molecular formula is C19H24N8O. The van der Waals surface area contributed by atoms with E-state index in [2.05, 4.69) is 25.8 Å². The molecule has 0 unspecified atom stereocenters. The van der Waals surface area contributed by atoms with Gasteiger partial charge in [0, 0.05) is 46.0 Å². The van der Waals surface area contributed by atoms with Gasteiger partial charge in [0.05, 0.1) is 0 Å². The highest BCUT2D eigenvalue weighted by atomic mass is 16.1. The summed E-state index contributed by atoms with van der Waals surface area (Å²) in [6.07, 6.45) is 5.45. The molecule has 0 spiro atoms. The maximum Gasteiger partial charge on any atom is 0.273 e. The molecule has 0 aliphatic heterocycles. The molecule has 4 rings (SSSR count). The Kier molecular flexibility index (Phi) is 3.93. The quantitative estimate of drug-likeness (QED) is 0.528. The van der Waals surface area contributed by atoms with Crippen molar-refractivity contribution in [2.75, 3.05) is 10.6 Å². The number of anilines is 3. The molecule has 6 N–H and O–H groups in total. The summed E-state index contributed by atoms with van der Waals surface area (Å²) in [6.45, 7) is -2.31. The van der Waals surface area contributed by atoms with Gasteiger partial charge in [-0.2, -0.15) is 4.98 Å². The molecule has 2 heterocycles. The minimum absolute atomic E-state index is 0.0135. The van der Waals surface area contributed by atoms with E-state index in [1.54, 1.807) is 24.3 Å². The van der Waals surface area contributed by atoms with Gasteiger partial charge in [-0.1, -0.05) is 18.9 Å². The van der Waals surface area contributed by atoms with Crippen LogP contribution < -0.4 is 22.1 Å². The lowest BCUT2D eigenvalue weighted by molar-refractivity contribution is 0.0995. The van der Waals surface area contributed by atoms with Crippen LogP contribution in [-0.2, 0) is 6.98 Å². The van der Waals surface area contributed by atoms with Crippen molar-refractivity contribution < 1.29 is 8.91 Å². The third-order valence-corrected chi connectivity index (χ3v) is 5.04. The number of hydrogen-bond acceptors (Lipinski definition) is 7. The molecule has 3 aromatic rings. The van der Waals surface area contributed by atoms with E-state index in [1.165, 1.54) is 10.8 Å². The molecule has 1 aliphatic carbocycles. The molecule has 28 heavy (non-hydrogen) atoms. The van der Waals surface area contributed by atoms with Crippen molar-refractivity contribution in [2.45, 2.75) is 37.8 Å². The number of amides is 1. The number of nitrogens with two attached hydrogens (primary N) is 2. The summed E-state index contributed by atoms with van der Waals surface area (Å²) in [5.74, 6) is -0.416. The SMILES string of the molecule is [2H]C([2H])([2H])n1ccc2c(Nc3nc(N[C@@H]4CCCC[C@@H]4N)nnc3C(N)=O)cccc21. The summed E-state index contributed by atoms with van der Waals surface area (Å²) in [4.78, 5) is 16.3. The van der Waals surface area contributed by atoms with Crippen molar-refractivity contribution in [2.24, 2.45) is 18.4 Å². The second kappa shape index (κ2) is 7.43. The average molecular weight is 383 g/mol. The summed E-state index contributed by atoms with van der Waals surface area (Å²) >= 11 is 0. The monoisotopic (exact) mass is 383 g/mol. The minimum Gasteiger partial charge on any atom is -0.364 e. The predicted octanol–water partition coefficient (Wildman–Crippen LogP) is 1.89. The zero-order valence-electron chi connectivity index (χ0n) is 18.2. The van der Waals surface area contributed by atoms with E-state index >= 15 is 0 Å². The fraction of sp³-hybridized carbons (Fsp3) is 0.368. The molecule has 1 saturated carbocycles. The smallest absolute Gasteiger partial charge is 0.273 e. The highest BCUT2D eigenvalue weighted by molar-refractivity contribution is 5.99. The summed E-state index contributed by atoms with van der Waals surface area (Å²) in [5.41, 5.74) is 12.6. The lowest BCUT2D eigenvalue weighted by Crippen LogP contribution is -2.43. The number of rotatable bonds is 5. The Morgan fingerprint density at radius 3 is 2.93 bits per heavy atom. The summed E-state index contributed by atoms with van der Waals surface area (Å²) in [7, 11) is 0. The number of fused-ring (bicyclic) bond motifs is 1. The van der Waals surface area contributed by atoms with Gasteiger partial charge in [0.1, 0.15) is 0 Å². The molecular weight excluding hydrogens is 356 g/mol. The topological polar surface area (TPSA) is 137 Å². The number of carbonyl (C=O) groups is 1. The number of carbonyl (C=O) groups excluding carboxylic acids is 1. The lowest BCUT2D eigenvalue weighted by atomic mass is 9.91. The van der Waals surface area contributed by atoms with Crippen LogP contribution >= 0.6 is 0 Å². The molecule has 2 atom stereocenters. The minimum atomic E-state index is -2.31. The Balaban J connectivity index is 1.68. The number of nitrogens with one attached hydrogen (secondary N) is 2. The number of aryl methyl sites for hydroxylation is 1. The Bertz CT molecular complexity index is 1110. The largest absolute Gasteiger partial charge is 0.364 e. The number of primary amides is 1. The fourth-order valence-corrected chi connectivity index (χ4v) is 3.55. The lowest BCUT2D eigenvalue weighted by Gasteiger charge is -2.29. The molecule has 9 nitrogen and oxygen atoms in total. The number of benzene rings is 1. The van der Waals surface area contributed by atoms with Crippen LogP contribution in [0, 0.1) is 0 Å². The second-order valence-corrected chi connectivity index (χ2v) is 6.95. The standard InChI is InChI=1S/C19H24N8O/c1-27-10-9-11-13(7-4-8-15(11)27)22-18-16(17(21)28)25-26-19(24-18)23-14-6-3-2-5-12(14)20/h4,7-10,12,14H,2-3,5-6,20H2,1H3,(H2,21,28)(H2,22,23,24,26)/t12-,14+/m0/s1/i1D3. The first-order valence-electron chi connectivity index (χ1n) is 10.7. The van der Waals surface area contributed by atoms with E-state index < -0.39 is 12.9 Å². The predicted molar refractivity (Wildman–Crippen MR) is 108 cm³/mol. The first-order valence-corrected chi connectivity index (χ1v) is 9.18. The Hall–Kier alpha value is -3.20. The van der Waals surface area contributed by atoms with Gasteiger partial charge in [-0.05, 0) is 31.0 Å². The molecule has 1 amide bonds. The third-order valence-electron chi connectivity index (χ3n) is 5.04. The molecule has 0 radical (unpaired) electrons. The molecule has 9 heteroatoms. The van der Waals surface area contributed by atoms with E-state index in [1.807, 2.05) is 0 Å². The number of nitrogens with zero attached hydrogens (tertiary/aromatic N) is 4. The molecule has 0 saturated heterocycles. The number of aromatic nitrogens is 4. The Morgan fingerprint density at radius 1 is 1.29 bits per heavy atom. The first-order chi connectivity index (χ1) is 14.7. The van der Waals surface area contributed by atoms with Crippen LogP contribution in [0.3, 0.4) is 0 Å². The van der Waals surface area contributed by atoms with Crippen molar-refractivity contribution in [3.05, 3.63) is 36.2 Å². The van der Waals surface area contributed by atoms with Crippen molar-refractivity contribution in [3.63, 3.8) is 0 Å². The van der Waals surface area contributed by atoms with Gasteiger partial charge in [-0.3, -0.25) is 4.79 Å². The highest BCUT2D eigenvalue weighted by Crippen LogP contribution is 2.28.